The fourth-order valence-electron chi connectivity index (χ4n) is 4.63. The van der Waals surface area contributed by atoms with Crippen LogP contribution in [0.15, 0.2) is 120 Å². The van der Waals surface area contributed by atoms with Crippen molar-refractivity contribution in [3.8, 4) is 23.0 Å². The van der Waals surface area contributed by atoms with Crippen molar-refractivity contribution < 1.29 is 19.3 Å². The average molecular weight is 825 g/mol. The van der Waals surface area contributed by atoms with Gasteiger partial charge in [0.1, 0.15) is 11.5 Å². The standard InChI is InChI=1S/C10H15NO2.C9H13NO.C8H10BrN.C8H10ClN.C8H11NO/c1-12-9-4-3-8(5-6-11)7-10(9)13-2;1-11-9-4-2-8(3-5-9)6-7-10;2*9-8-3-1-7(2-4-8)5-6-10;9-6-5-7-1-3-8(10)4-2-7/h3-4,7H,5-6,11H2,1-2H3;2-5H,6-7,10H2,1H3;2*1-4H,5-6,10H2;1-4,10H,5-6,9H2. The molecule has 0 fully saturated rings. The van der Waals surface area contributed by atoms with Gasteiger partial charge in [-0.2, -0.15) is 0 Å². The van der Waals surface area contributed by atoms with Crippen LogP contribution < -0.4 is 42.9 Å². The first-order valence-corrected chi connectivity index (χ1v) is 18.9. The highest BCUT2D eigenvalue weighted by molar-refractivity contribution is 9.10. The molecule has 5 aromatic rings. The highest BCUT2D eigenvalue weighted by Gasteiger charge is 2.03. The van der Waals surface area contributed by atoms with E-state index in [0.29, 0.717) is 31.9 Å². The Balaban J connectivity index is 0.000000339. The monoisotopic (exact) mass is 823 g/mol. The Kier molecular flexibility index (Phi) is 26.8. The fourth-order valence-corrected chi connectivity index (χ4v) is 5.02. The van der Waals surface area contributed by atoms with Crippen LogP contribution in [0.4, 0.5) is 0 Å². The lowest BCUT2D eigenvalue weighted by Gasteiger charge is -2.08. The summed E-state index contributed by atoms with van der Waals surface area (Å²) in [5, 5.41) is 9.67. The van der Waals surface area contributed by atoms with Crippen LogP contribution in [0.25, 0.3) is 0 Å². The van der Waals surface area contributed by atoms with E-state index in [2.05, 4.69) is 28.1 Å². The quantitative estimate of drug-likeness (QED) is 0.0724. The van der Waals surface area contributed by atoms with Crippen LogP contribution in [0.3, 0.4) is 0 Å². The molecule has 0 heterocycles. The van der Waals surface area contributed by atoms with Crippen LogP contribution in [0, 0.1) is 0 Å². The number of halogens is 2. The molecule has 0 saturated heterocycles. The maximum absolute atomic E-state index is 8.89. The minimum atomic E-state index is 0.306. The molecule has 54 heavy (non-hydrogen) atoms. The number of phenolic OH excluding ortho intramolecular Hbond substituents is 1. The third-order valence-electron chi connectivity index (χ3n) is 7.53. The molecule has 0 atom stereocenters. The zero-order chi connectivity index (χ0) is 40.0. The number of benzene rings is 5. The van der Waals surface area contributed by atoms with Gasteiger partial charge in [-0.1, -0.05) is 82.1 Å². The van der Waals surface area contributed by atoms with E-state index in [1.165, 1.54) is 27.8 Å². The molecule has 0 spiro atoms. The molecule has 0 radical (unpaired) electrons. The van der Waals surface area contributed by atoms with Crippen molar-refractivity contribution in [3.63, 3.8) is 0 Å². The molecule has 0 aliphatic rings. The van der Waals surface area contributed by atoms with Crippen molar-refractivity contribution in [1.29, 1.82) is 0 Å². The third-order valence-corrected chi connectivity index (χ3v) is 8.32. The number of methoxy groups -OCH3 is 3. The van der Waals surface area contributed by atoms with Gasteiger partial charge in [-0.15, -0.1) is 0 Å². The normalized spacial score (nSPS) is 9.74. The van der Waals surface area contributed by atoms with Gasteiger partial charge in [0, 0.05) is 9.50 Å². The summed E-state index contributed by atoms with van der Waals surface area (Å²) in [6.45, 7) is 3.43. The van der Waals surface area contributed by atoms with E-state index in [0.717, 1.165) is 65.4 Å². The molecule has 0 aliphatic carbocycles. The van der Waals surface area contributed by atoms with Crippen molar-refractivity contribution in [2.45, 2.75) is 32.1 Å². The van der Waals surface area contributed by atoms with Gasteiger partial charge in [0.2, 0.25) is 0 Å². The van der Waals surface area contributed by atoms with Crippen molar-refractivity contribution in [3.05, 3.63) is 153 Å². The van der Waals surface area contributed by atoms with E-state index in [1.807, 2.05) is 91.0 Å². The smallest absolute Gasteiger partial charge is 0.160 e. The highest BCUT2D eigenvalue weighted by atomic mass is 79.9. The van der Waals surface area contributed by atoms with E-state index in [4.69, 9.17) is 59.6 Å². The second kappa shape index (κ2) is 30.2. The lowest BCUT2D eigenvalue weighted by Crippen LogP contribution is -2.03. The number of rotatable bonds is 13. The van der Waals surface area contributed by atoms with E-state index in [9.17, 15) is 0 Å². The van der Waals surface area contributed by atoms with Crippen molar-refractivity contribution in [2.75, 3.05) is 54.1 Å². The van der Waals surface area contributed by atoms with Gasteiger partial charge in [-0.3, -0.25) is 0 Å². The van der Waals surface area contributed by atoms with Gasteiger partial charge in [0.05, 0.1) is 21.3 Å². The molecular formula is C43H59BrClN5O4. The molecule has 5 aromatic carbocycles. The van der Waals surface area contributed by atoms with Gasteiger partial charge < -0.3 is 48.0 Å². The molecule has 0 unspecified atom stereocenters. The summed E-state index contributed by atoms with van der Waals surface area (Å²) in [5.74, 6) is 2.71. The molecule has 5 rings (SSSR count). The first-order chi connectivity index (χ1) is 26.2. The molecule has 11 heteroatoms. The van der Waals surface area contributed by atoms with Crippen molar-refractivity contribution in [2.24, 2.45) is 28.7 Å². The number of ether oxygens (including phenoxy) is 3. The number of phenols is 1. The van der Waals surface area contributed by atoms with Crippen LogP contribution >= 0.6 is 27.5 Å². The summed E-state index contributed by atoms with van der Waals surface area (Å²) in [4.78, 5) is 0. The van der Waals surface area contributed by atoms with Crippen LogP contribution in [-0.2, 0) is 32.1 Å². The summed E-state index contributed by atoms with van der Waals surface area (Å²) in [6.07, 6.45) is 4.56. The molecule has 0 bridgehead atoms. The molecule has 0 aliphatic heterocycles. The zero-order valence-electron chi connectivity index (χ0n) is 31.9. The van der Waals surface area contributed by atoms with Gasteiger partial charge in [-0.25, -0.2) is 0 Å². The minimum Gasteiger partial charge on any atom is -0.508 e. The van der Waals surface area contributed by atoms with E-state index < -0.39 is 0 Å². The first kappa shape index (κ1) is 47.9. The summed E-state index contributed by atoms with van der Waals surface area (Å²) >= 11 is 9.05. The third kappa shape index (κ3) is 21.5. The van der Waals surface area contributed by atoms with Crippen LogP contribution in [0.2, 0.25) is 5.02 Å². The predicted octanol–water partition coefficient (Wildman–Crippen LogP) is 7.09. The van der Waals surface area contributed by atoms with Crippen LogP contribution in [0.5, 0.6) is 23.0 Å². The molecule has 294 valence electrons. The Bertz CT molecular complexity index is 1530. The summed E-state index contributed by atoms with van der Waals surface area (Å²) in [7, 11) is 4.92. The lowest BCUT2D eigenvalue weighted by atomic mass is 10.1. The van der Waals surface area contributed by atoms with Gasteiger partial charge in [0.15, 0.2) is 11.5 Å². The van der Waals surface area contributed by atoms with Crippen molar-refractivity contribution >= 4 is 27.5 Å². The van der Waals surface area contributed by atoms with E-state index in [1.54, 1.807) is 33.5 Å². The Morgan fingerprint density at radius 3 is 1.20 bits per heavy atom. The van der Waals surface area contributed by atoms with Gasteiger partial charge in [0.25, 0.3) is 0 Å². The fraction of sp³-hybridized carbons (Fsp3) is 0.302. The van der Waals surface area contributed by atoms with E-state index in [-0.39, 0.29) is 0 Å². The average Bonchev–Trinajstić information content (AvgIpc) is 3.19. The number of hydrogen-bond acceptors (Lipinski definition) is 9. The second-order valence-electron chi connectivity index (χ2n) is 11.7. The predicted molar refractivity (Wildman–Crippen MR) is 230 cm³/mol. The molecule has 0 amide bonds. The lowest BCUT2D eigenvalue weighted by molar-refractivity contribution is 0.354. The molecule has 0 saturated carbocycles. The molecule has 11 N–H and O–H groups in total. The zero-order valence-corrected chi connectivity index (χ0v) is 34.2. The summed E-state index contributed by atoms with van der Waals surface area (Å²) in [6, 6.07) is 36.9. The van der Waals surface area contributed by atoms with Crippen LogP contribution in [0.1, 0.15) is 27.8 Å². The SMILES string of the molecule is COc1ccc(CCN)cc1.COc1ccc(CCN)cc1OC.NCCc1ccc(Br)cc1.NCCc1ccc(Cl)cc1.NCCc1ccc(O)cc1. The Morgan fingerprint density at radius 2 is 0.815 bits per heavy atom. The van der Waals surface area contributed by atoms with Gasteiger partial charge in [-0.05, 0) is 153 Å². The van der Waals surface area contributed by atoms with E-state index >= 15 is 0 Å². The second-order valence-corrected chi connectivity index (χ2v) is 13.0. The summed E-state index contributed by atoms with van der Waals surface area (Å²) < 4.78 is 16.4. The Hall–Kier alpha value is -4.13. The highest BCUT2D eigenvalue weighted by Crippen LogP contribution is 2.27. The Labute approximate surface area is 335 Å². The molecule has 0 aromatic heterocycles. The summed E-state index contributed by atoms with van der Waals surface area (Å²) in [5.41, 5.74) is 33.1. The number of hydrogen-bond donors (Lipinski definition) is 6. The number of nitrogens with two attached hydrogens (primary N) is 5. The Morgan fingerprint density at radius 1 is 0.463 bits per heavy atom. The van der Waals surface area contributed by atoms with Gasteiger partial charge >= 0.3 is 0 Å². The molecular weight excluding hydrogens is 766 g/mol. The topological polar surface area (TPSA) is 178 Å². The molecule has 9 nitrogen and oxygen atoms in total. The van der Waals surface area contributed by atoms with Crippen LogP contribution in [-0.4, -0.2) is 59.2 Å². The minimum absolute atomic E-state index is 0.306. The number of aromatic hydroxyl groups is 1. The van der Waals surface area contributed by atoms with Crippen molar-refractivity contribution in [1.82, 2.24) is 0 Å². The largest absolute Gasteiger partial charge is 0.508 e. The maximum atomic E-state index is 8.89. The maximum Gasteiger partial charge on any atom is 0.160 e. The first-order valence-electron chi connectivity index (χ1n) is 17.8.